The number of fused-ring (bicyclic) bond motifs is 3. The van der Waals surface area contributed by atoms with Gasteiger partial charge in [0.25, 0.3) is 0 Å². The third kappa shape index (κ3) is 1.65. The molecule has 1 aromatic heterocycles. The standard InChI is InChI=1S/C13H8N2O4/c16-7-3-6-1-2-8-11(10(6)14-4-7)15-5-9(12(8)17)13(18)19/h1-5,9,16H,(H,18,19). The second kappa shape index (κ2) is 3.88. The average molecular weight is 256 g/mol. The van der Waals surface area contributed by atoms with Crippen molar-refractivity contribution in [1.82, 2.24) is 4.98 Å². The number of carbonyl (C=O) groups excluding carboxylic acids is 1. The summed E-state index contributed by atoms with van der Waals surface area (Å²) in [6.07, 6.45) is 2.37. The molecule has 1 aliphatic heterocycles. The van der Waals surface area contributed by atoms with Gasteiger partial charge >= 0.3 is 5.97 Å². The molecule has 0 fully saturated rings. The van der Waals surface area contributed by atoms with E-state index >= 15 is 0 Å². The molecular formula is C13H8N2O4. The van der Waals surface area contributed by atoms with Gasteiger partial charge in [-0.3, -0.25) is 19.6 Å². The second-order valence-electron chi connectivity index (χ2n) is 4.19. The van der Waals surface area contributed by atoms with E-state index in [1.807, 2.05) is 0 Å². The third-order valence-electron chi connectivity index (χ3n) is 2.98. The zero-order valence-corrected chi connectivity index (χ0v) is 9.57. The minimum atomic E-state index is -1.25. The maximum atomic E-state index is 12.0. The summed E-state index contributed by atoms with van der Waals surface area (Å²) in [6, 6.07) is 4.62. The fourth-order valence-electron chi connectivity index (χ4n) is 2.06. The Morgan fingerprint density at radius 1 is 1.32 bits per heavy atom. The zero-order chi connectivity index (χ0) is 13.6. The van der Waals surface area contributed by atoms with E-state index in [1.165, 1.54) is 18.3 Å². The van der Waals surface area contributed by atoms with Crippen molar-refractivity contribution in [2.75, 3.05) is 0 Å². The number of aromatic nitrogens is 1. The van der Waals surface area contributed by atoms with Gasteiger partial charge in [0, 0.05) is 17.2 Å². The van der Waals surface area contributed by atoms with Gasteiger partial charge < -0.3 is 10.2 Å². The Morgan fingerprint density at radius 3 is 2.84 bits per heavy atom. The Balaban J connectivity index is 2.26. The summed E-state index contributed by atoms with van der Waals surface area (Å²) >= 11 is 0. The van der Waals surface area contributed by atoms with Crippen LogP contribution in [-0.2, 0) is 4.79 Å². The van der Waals surface area contributed by atoms with Crippen molar-refractivity contribution in [3.8, 4) is 5.75 Å². The molecule has 1 atom stereocenters. The molecule has 19 heavy (non-hydrogen) atoms. The number of aliphatic carboxylic acids is 1. The molecule has 0 amide bonds. The van der Waals surface area contributed by atoms with Crippen molar-refractivity contribution in [3.05, 3.63) is 30.0 Å². The molecule has 1 unspecified atom stereocenters. The normalized spacial score (nSPS) is 17.5. The van der Waals surface area contributed by atoms with E-state index in [0.29, 0.717) is 16.6 Å². The quantitative estimate of drug-likeness (QED) is 0.754. The number of hydrogen-bond acceptors (Lipinski definition) is 5. The molecule has 0 radical (unpaired) electrons. The summed E-state index contributed by atoms with van der Waals surface area (Å²) in [5.41, 5.74) is 1.05. The first-order valence-electron chi connectivity index (χ1n) is 5.51. The number of aliphatic imine (C=N–C) groups is 1. The molecule has 6 heteroatoms. The van der Waals surface area contributed by atoms with Crippen LogP contribution < -0.4 is 0 Å². The SMILES string of the molecule is O=C(O)C1C=Nc2c(ccc3cc(O)cnc23)C1=O. The summed E-state index contributed by atoms with van der Waals surface area (Å²) in [5, 5.41) is 18.9. The number of carboxylic acid groups (broad SMARTS) is 1. The predicted molar refractivity (Wildman–Crippen MR) is 67.0 cm³/mol. The van der Waals surface area contributed by atoms with Crippen LogP contribution in [0.15, 0.2) is 29.4 Å². The van der Waals surface area contributed by atoms with Crippen molar-refractivity contribution in [2.24, 2.45) is 10.9 Å². The molecule has 0 saturated carbocycles. The molecule has 1 aliphatic rings. The maximum Gasteiger partial charge on any atom is 0.319 e. The van der Waals surface area contributed by atoms with Crippen molar-refractivity contribution in [2.45, 2.75) is 0 Å². The molecule has 3 rings (SSSR count). The van der Waals surface area contributed by atoms with Gasteiger partial charge in [-0.15, -0.1) is 0 Å². The first-order valence-corrected chi connectivity index (χ1v) is 5.51. The Bertz CT molecular complexity index is 752. The Morgan fingerprint density at radius 2 is 2.11 bits per heavy atom. The summed E-state index contributed by atoms with van der Waals surface area (Å²) in [6.45, 7) is 0. The number of rotatable bonds is 1. The topological polar surface area (TPSA) is 99.8 Å². The van der Waals surface area contributed by atoms with E-state index in [2.05, 4.69) is 9.98 Å². The number of Topliss-reactive ketones (excluding diaryl/α,β-unsaturated/α-hetero) is 1. The summed E-state index contributed by atoms with van der Waals surface area (Å²) in [4.78, 5) is 31.0. The van der Waals surface area contributed by atoms with Crippen LogP contribution in [0, 0.1) is 5.92 Å². The highest BCUT2D eigenvalue weighted by atomic mass is 16.4. The molecule has 0 aliphatic carbocycles. The van der Waals surface area contributed by atoms with Crippen LogP contribution in [-0.4, -0.2) is 33.2 Å². The van der Waals surface area contributed by atoms with E-state index < -0.39 is 17.7 Å². The van der Waals surface area contributed by atoms with E-state index in [4.69, 9.17) is 5.11 Å². The number of aromatic hydroxyl groups is 1. The van der Waals surface area contributed by atoms with Gasteiger partial charge in [0.05, 0.1) is 17.4 Å². The van der Waals surface area contributed by atoms with E-state index in [-0.39, 0.29) is 11.3 Å². The van der Waals surface area contributed by atoms with Crippen molar-refractivity contribution in [3.63, 3.8) is 0 Å². The highest BCUT2D eigenvalue weighted by Crippen LogP contribution is 2.34. The fourth-order valence-corrected chi connectivity index (χ4v) is 2.06. The zero-order valence-electron chi connectivity index (χ0n) is 9.57. The Labute approximate surface area is 107 Å². The Hall–Kier alpha value is -2.76. The third-order valence-corrected chi connectivity index (χ3v) is 2.98. The molecule has 0 spiro atoms. The number of ketones is 1. The van der Waals surface area contributed by atoms with Crippen LogP contribution in [0.3, 0.4) is 0 Å². The van der Waals surface area contributed by atoms with Crippen LogP contribution in [0.5, 0.6) is 5.75 Å². The van der Waals surface area contributed by atoms with Crippen LogP contribution in [0.25, 0.3) is 10.9 Å². The van der Waals surface area contributed by atoms with Crippen LogP contribution in [0.2, 0.25) is 0 Å². The highest BCUT2D eigenvalue weighted by Gasteiger charge is 2.31. The monoisotopic (exact) mass is 256 g/mol. The lowest BCUT2D eigenvalue weighted by atomic mass is 9.93. The highest BCUT2D eigenvalue weighted by molar-refractivity contribution is 6.24. The number of hydrogen-bond donors (Lipinski definition) is 2. The molecule has 1 aromatic carbocycles. The smallest absolute Gasteiger partial charge is 0.319 e. The van der Waals surface area contributed by atoms with Gasteiger partial charge in [-0.25, -0.2) is 0 Å². The largest absolute Gasteiger partial charge is 0.506 e. The number of carboxylic acids is 1. The summed E-state index contributed by atoms with van der Waals surface area (Å²) in [7, 11) is 0. The number of nitrogens with zero attached hydrogens (tertiary/aromatic N) is 2. The lowest BCUT2D eigenvalue weighted by molar-refractivity contribution is -0.137. The predicted octanol–water partition coefficient (Wildman–Crippen LogP) is 1.54. The summed E-state index contributed by atoms with van der Waals surface area (Å²) in [5.74, 6) is -2.96. The van der Waals surface area contributed by atoms with Crippen molar-refractivity contribution >= 4 is 34.6 Å². The van der Waals surface area contributed by atoms with Crippen LogP contribution in [0.1, 0.15) is 10.4 Å². The minimum absolute atomic E-state index is 0.0157. The van der Waals surface area contributed by atoms with Crippen LogP contribution >= 0.6 is 0 Å². The molecule has 94 valence electrons. The van der Waals surface area contributed by atoms with Crippen LogP contribution in [0.4, 0.5) is 5.69 Å². The average Bonchev–Trinajstić information content (AvgIpc) is 2.38. The molecule has 2 heterocycles. The first kappa shape index (κ1) is 11.3. The van der Waals surface area contributed by atoms with Gasteiger partial charge in [0.2, 0.25) is 0 Å². The van der Waals surface area contributed by atoms with E-state index in [0.717, 1.165) is 6.21 Å². The van der Waals surface area contributed by atoms with E-state index in [9.17, 15) is 14.7 Å². The molecular weight excluding hydrogens is 248 g/mol. The minimum Gasteiger partial charge on any atom is -0.506 e. The maximum absolute atomic E-state index is 12.0. The lowest BCUT2D eigenvalue weighted by Gasteiger charge is -2.15. The number of benzene rings is 1. The fraction of sp³-hybridized carbons (Fsp3) is 0.0769. The number of carbonyl (C=O) groups is 2. The van der Waals surface area contributed by atoms with Gasteiger partial charge in [0.1, 0.15) is 5.75 Å². The van der Waals surface area contributed by atoms with Crippen molar-refractivity contribution in [1.29, 1.82) is 0 Å². The van der Waals surface area contributed by atoms with Gasteiger partial charge in [-0.1, -0.05) is 6.07 Å². The molecule has 0 bridgehead atoms. The van der Waals surface area contributed by atoms with Gasteiger partial charge in [0.15, 0.2) is 11.7 Å². The van der Waals surface area contributed by atoms with Crippen molar-refractivity contribution < 1.29 is 19.8 Å². The summed E-state index contributed by atoms with van der Waals surface area (Å²) < 4.78 is 0. The molecule has 6 nitrogen and oxygen atoms in total. The Kier molecular flexibility index (Phi) is 2.31. The van der Waals surface area contributed by atoms with Gasteiger partial charge in [-0.05, 0) is 12.1 Å². The second-order valence-corrected chi connectivity index (χ2v) is 4.19. The van der Waals surface area contributed by atoms with Gasteiger partial charge in [-0.2, -0.15) is 0 Å². The first-order chi connectivity index (χ1) is 9.08. The van der Waals surface area contributed by atoms with E-state index in [1.54, 1.807) is 6.07 Å². The molecule has 0 saturated heterocycles. The molecule has 2 N–H and O–H groups in total. The molecule has 2 aromatic rings. The number of pyridine rings is 1. The lowest BCUT2D eigenvalue weighted by Crippen LogP contribution is -2.27.